The van der Waals surface area contributed by atoms with E-state index in [0.717, 1.165) is 33.7 Å². The highest BCUT2D eigenvalue weighted by atomic mass is 35.5. The van der Waals surface area contributed by atoms with E-state index in [1.807, 2.05) is 18.2 Å². The Bertz CT molecular complexity index is 867. The fourth-order valence-corrected chi connectivity index (χ4v) is 5.18. The van der Waals surface area contributed by atoms with E-state index < -0.39 is 0 Å². The van der Waals surface area contributed by atoms with Crippen molar-refractivity contribution in [2.75, 3.05) is 0 Å². The Morgan fingerprint density at radius 3 is 2.68 bits per heavy atom. The van der Waals surface area contributed by atoms with Gasteiger partial charge < -0.3 is 0 Å². The van der Waals surface area contributed by atoms with Gasteiger partial charge in [-0.05, 0) is 44.4 Å². The number of aryl methyl sites for hydroxylation is 1. The summed E-state index contributed by atoms with van der Waals surface area (Å²) in [4.78, 5) is 1.36. The van der Waals surface area contributed by atoms with Crippen LogP contribution in [0.5, 0.6) is 0 Å². The second-order valence-electron chi connectivity index (χ2n) is 6.19. The van der Waals surface area contributed by atoms with E-state index >= 15 is 0 Å². The van der Waals surface area contributed by atoms with E-state index in [2.05, 4.69) is 53.9 Å². The lowest BCUT2D eigenvalue weighted by atomic mass is 10.1. The lowest BCUT2D eigenvalue weighted by molar-refractivity contribution is 0.555. The number of hydrogen-bond donors (Lipinski definition) is 0. The molecule has 0 atom stereocenters. The summed E-state index contributed by atoms with van der Waals surface area (Å²) in [5.74, 6) is 1.76. The molecule has 3 nitrogen and oxygen atoms in total. The summed E-state index contributed by atoms with van der Waals surface area (Å²) in [5.41, 5.74) is 3.72. The number of aromatic nitrogens is 3. The average Bonchev–Trinajstić information content (AvgIpc) is 3.17. The van der Waals surface area contributed by atoms with Gasteiger partial charge in [0.1, 0.15) is 0 Å². The third-order valence-corrected chi connectivity index (χ3v) is 6.51. The van der Waals surface area contributed by atoms with Gasteiger partial charge in [-0.15, -0.1) is 21.5 Å². The van der Waals surface area contributed by atoms with Crippen molar-refractivity contribution < 1.29 is 0 Å². The van der Waals surface area contributed by atoms with E-state index in [0.29, 0.717) is 6.04 Å². The van der Waals surface area contributed by atoms with Crippen LogP contribution in [-0.2, 0) is 12.2 Å². The van der Waals surface area contributed by atoms with Crippen molar-refractivity contribution in [2.24, 2.45) is 0 Å². The fourth-order valence-electron chi connectivity index (χ4n) is 2.89. The Kier molecular flexibility index (Phi) is 5.87. The standard InChI is InChI=1S/C19H22ClN3S2/c1-5-15-13(4)24-11-16(15)18-21-22-19(23(18)12(2)3)25-10-14-8-6-7-9-17(14)20/h6-9,11-12H,5,10H2,1-4H3. The molecule has 0 aliphatic rings. The molecule has 0 amide bonds. The lowest BCUT2D eigenvalue weighted by Crippen LogP contribution is -2.05. The van der Waals surface area contributed by atoms with Crippen LogP contribution in [0, 0.1) is 6.92 Å². The number of thiophene rings is 1. The molecule has 2 aromatic heterocycles. The van der Waals surface area contributed by atoms with Gasteiger partial charge in [0.15, 0.2) is 11.0 Å². The third kappa shape index (κ3) is 3.78. The summed E-state index contributed by atoms with van der Waals surface area (Å²) >= 11 is 9.76. The largest absolute Gasteiger partial charge is 0.299 e. The van der Waals surface area contributed by atoms with Crippen LogP contribution >= 0.6 is 34.7 Å². The summed E-state index contributed by atoms with van der Waals surface area (Å²) in [6.07, 6.45) is 1.01. The van der Waals surface area contributed by atoms with E-state index in [1.165, 1.54) is 16.0 Å². The number of benzene rings is 1. The van der Waals surface area contributed by atoms with Crippen molar-refractivity contribution in [1.82, 2.24) is 14.8 Å². The highest BCUT2D eigenvalue weighted by Crippen LogP contribution is 2.35. The molecular formula is C19H22ClN3S2. The van der Waals surface area contributed by atoms with Gasteiger partial charge in [0.2, 0.25) is 0 Å². The zero-order chi connectivity index (χ0) is 18.0. The quantitative estimate of drug-likeness (QED) is 0.455. The van der Waals surface area contributed by atoms with Gasteiger partial charge in [-0.2, -0.15) is 0 Å². The van der Waals surface area contributed by atoms with Crippen LogP contribution in [0.4, 0.5) is 0 Å². The second kappa shape index (κ2) is 7.94. The molecule has 0 spiro atoms. The maximum Gasteiger partial charge on any atom is 0.192 e. The molecule has 3 rings (SSSR count). The molecule has 2 heterocycles. The molecule has 0 N–H and O–H groups in total. The molecular weight excluding hydrogens is 370 g/mol. The number of nitrogens with zero attached hydrogens (tertiary/aromatic N) is 3. The maximum atomic E-state index is 6.28. The van der Waals surface area contributed by atoms with Gasteiger partial charge in [-0.25, -0.2) is 0 Å². The maximum absolute atomic E-state index is 6.28. The summed E-state index contributed by atoms with van der Waals surface area (Å²) < 4.78 is 2.24. The number of halogens is 1. The van der Waals surface area contributed by atoms with Crippen molar-refractivity contribution in [3.05, 3.63) is 50.7 Å². The zero-order valence-electron chi connectivity index (χ0n) is 14.9. The predicted octanol–water partition coefficient (Wildman–Crippen LogP) is 6.40. The first-order valence-electron chi connectivity index (χ1n) is 8.41. The highest BCUT2D eigenvalue weighted by molar-refractivity contribution is 7.98. The molecule has 0 saturated carbocycles. The molecule has 0 bridgehead atoms. The summed E-state index contributed by atoms with van der Waals surface area (Å²) in [5, 5.41) is 13.0. The minimum atomic E-state index is 0.295. The van der Waals surface area contributed by atoms with Gasteiger partial charge in [0.25, 0.3) is 0 Å². The van der Waals surface area contributed by atoms with Crippen LogP contribution in [0.2, 0.25) is 5.02 Å². The van der Waals surface area contributed by atoms with Gasteiger partial charge in [-0.1, -0.05) is 48.5 Å². The van der Waals surface area contributed by atoms with Crippen LogP contribution < -0.4 is 0 Å². The summed E-state index contributed by atoms with van der Waals surface area (Å²) in [7, 11) is 0. The SMILES string of the molecule is CCc1c(-c2nnc(SCc3ccccc3Cl)n2C(C)C)csc1C. The predicted molar refractivity (Wildman–Crippen MR) is 109 cm³/mol. The topological polar surface area (TPSA) is 30.7 Å². The number of rotatable bonds is 6. The van der Waals surface area contributed by atoms with Crippen molar-refractivity contribution in [3.8, 4) is 11.4 Å². The van der Waals surface area contributed by atoms with Crippen molar-refractivity contribution >= 4 is 34.7 Å². The highest BCUT2D eigenvalue weighted by Gasteiger charge is 2.20. The first-order chi connectivity index (χ1) is 12.0. The Hall–Kier alpha value is -1.30. The molecule has 3 aromatic rings. The second-order valence-corrected chi connectivity index (χ2v) is 8.62. The van der Waals surface area contributed by atoms with Crippen LogP contribution in [0.25, 0.3) is 11.4 Å². The van der Waals surface area contributed by atoms with Gasteiger partial charge in [0.05, 0.1) is 0 Å². The smallest absolute Gasteiger partial charge is 0.192 e. The Morgan fingerprint density at radius 1 is 1.24 bits per heavy atom. The molecule has 0 fully saturated rings. The van der Waals surface area contributed by atoms with Crippen molar-refractivity contribution in [1.29, 1.82) is 0 Å². The van der Waals surface area contributed by atoms with Gasteiger partial charge in [0, 0.05) is 32.6 Å². The zero-order valence-corrected chi connectivity index (χ0v) is 17.3. The monoisotopic (exact) mass is 391 g/mol. The Balaban J connectivity index is 1.94. The van der Waals surface area contributed by atoms with Crippen molar-refractivity contribution in [2.45, 2.75) is 51.1 Å². The fraction of sp³-hybridized carbons (Fsp3) is 0.368. The van der Waals surface area contributed by atoms with Crippen LogP contribution in [0.1, 0.15) is 42.8 Å². The first kappa shape index (κ1) is 18.5. The molecule has 0 radical (unpaired) electrons. The lowest BCUT2D eigenvalue weighted by Gasteiger charge is -2.14. The molecule has 0 aliphatic heterocycles. The van der Waals surface area contributed by atoms with E-state index in [1.54, 1.807) is 23.1 Å². The molecule has 0 saturated heterocycles. The molecule has 1 aromatic carbocycles. The minimum Gasteiger partial charge on any atom is -0.299 e. The number of thioether (sulfide) groups is 1. The molecule has 0 aliphatic carbocycles. The number of hydrogen-bond acceptors (Lipinski definition) is 4. The van der Waals surface area contributed by atoms with Crippen LogP contribution in [-0.4, -0.2) is 14.8 Å². The van der Waals surface area contributed by atoms with E-state index in [9.17, 15) is 0 Å². The van der Waals surface area contributed by atoms with Crippen molar-refractivity contribution in [3.63, 3.8) is 0 Å². The molecule has 25 heavy (non-hydrogen) atoms. The van der Waals surface area contributed by atoms with E-state index in [-0.39, 0.29) is 0 Å². The van der Waals surface area contributed by atoms with E-state index in [4.69, 9.17) is 11.6 Å². The summed E-state index contributed by atoms with van der Waals surface area (Å²) in [6, 6.07) is 8.25. The third-order valence-electron chi connectivity index (χ3n) is 4.19. The molecule has 6 heteroatoms. The van der Waals surface area contributed by atoms with Crippen LogP contribution in [0.3, 0.4) is 0 Å². The molecule has 132 valence electrons. The van der Waals surface area contributed by atoms with Gasteiger partial charge >= 0.3 is 0 Å². The van der Waals surface area contributed by atoms with Crippen LogP contribution in [0.15, 0.2) is 34.8 Å². The van der Waals surface area contributed by atoms with Gasteiger partial charge in [-0.3, -0.25) is 4.57 Å². The average molecular weight is 392 g/mol. The first-order valence-corrected chi connectivity index (χ1v) is 10.7. The Labute approximate surface area is 162 Å². The normalized spacial score (nSPS) is 11.4. The minimum absolute atomic E-state index is 0.295. The Morgan fingerprint density at radius 2 is 2.00 bits per heavy atom. The molecule has 0 unspecified atom stereocenters. The summed E-state index contributed by atoms with van der Waals surface area (Å²) in [6.45, 7) is 8.73.